The maximum atomic E-state index is 5.82. The van der Waals surface area contributed by atoms with Gasteiger partial charge in [0.05, 0.1) is 25.2 Å². The van der Waals surface area contributed by atoms with Gasteiger partial charge in [-0.3, -0.25) is 4.98 Å². The summed E-state index contributed by atoms with van der Waals surface area (Å²) in [4.78, 5) is 11.0. The molecule has 0 saturated carbocycles. The van der Waals surface area contributed by atoms with Crippen LogP contribution in [-0.2, 0) is 14.0 Å². The zero-order valence-electron chi connectivity index (χ0n) is 11.8. The number of nitrogens with zero attached hydrogens (tertiary/aromatic N) is 3. The van der Waals surface area contributed by atoms with Crippen molar-refractivity contribution in [3.05, 3.63) is 24.7 Å². The molecule has 0 unspecified atom stereocenters. The molecule has 2 aliphatic rings. The zero-order chi connectivity index (χ0) is 14.2. The second kappa shape index (κ2) is 5.07. The van der Waals surface area contributed by atoms with Crippen molar-refractivity contribution in [2.75, 3.05) is 31.2 Å². The quantitative estimate of drug-likeness (QED) is 0.726. The van der Waals surface area contributed by atoms with Gasteiger partial charge >= 0.3 is 7.12 Å². The first-order valence-electron chi connectivity index (χ1n) is 6.75. The van der Waals surface area contributed by atoms with E-state index in [0.717, 1.165) is 18.9 Å². The van der Waals surface area contributed by atoms with Crippen LogP contribution in [0.3, 0.4) is 0 Å². The van der Waals surface area contributed by atoms with E-state index in [0.29, 0.717) is 24.6 Å². The van der Waals surface area contributed by atoms with Gasteiger partial charge < -0.3 is 18.9 Å². The molecule has 0 atom stereocenters. The molecule has 0 bridgehead atoms. The third-order valence-electron chi connectivity index (χ3n) is 3.54. The minimum absolute atomic E-state index is 0.499. The maximum Gasteiger partial charge on any atom is 0.584 e. The third-order valence-corrected chi connectivity index (χ3v) is 3.54. The molecular formula is C13H18BN3O3. The first-order chi connectivity index (χ1) is 9.56. The number of aromatic nitrogens is 2. The summed E-state index contributed by atoms with van der Waals surface area (Å²) in [5.41, 5.74) is 0.169. The molecule has 6 nitrogen and oxygen atoms in total. The molecule has 7 heteroatoms. The van der Waals surface area contributed by atoms with Crippen molar-refractivity contribution in [3.63, 3.8) is 0 Å². The molecule has 2 aliphatic heterocycles. The Hall–Kier alpha value is -1.60. The average molecular weight is 275 g/mol. The van der Waals surface area contributed by atoms with Crippen molar-refractivity contribution < 1.29 is 14.0 Å². The summed E-state index contributed by atoms with van der Waals surface area (Å²) in [5.74, 6) is 1.44. The van der Waals surface area contributed by atoms with Gasteiger partial charge in [-0.05, 0) is 13.8 Å². The Balaban J connectivity index is 1.79. The lowest BCUT2D eigenvalue weighted by Gasteiger charge is -2.27. The highest BCUT2D eigenvalue weighted by molar-refractivity contribution is 6.61. The second-order valence-electron chi connectivity index (χ2n) is 5.40. The van der Waals surface area contributed by atoms with Crippen molar-refractivity contribution in [2.45, 2.75) is 19.4 Å². The molecule has 3 rings (SSSR count). The fourth-order valence-corrected chi connectivity index (χ4v) is 2.18. The molecule has 0 radical (unpaired) electrons. The number of ether oxygens (including phenoxy) is 1. The van der Waals surface area contributed by atoms with Crippen LogP contribution < -0.4 is 10.5 Å². The summed E-state index contributed by atoms with van der Waals surface area (Å²) in [6.45, 7) is 10.8. The van der Waals surface area contributed by atoms with E-state index in [2.05, 4.69) is 21.4 Å². The lowest BCUT2D eigenvalue weighted by atomic mass is 9.85. The lowest BCUT2D eigenvalue weighted by molar-refractivity contribution is 0.122. The molecule has 2 saturated heterocycles. The van der Waals surface area contributed by atoms with Crippen molar-refractivity contribution in [1.29, 1.82) is 0 Å². The highest BCUT2D eigenvalue weighted by atomic mass is 16.7. The normalized spacial score (nSPS) is 22.0. The first-order valence-corrected chi connectivity index (χ1v) is 6.75. The van der Waals surface area contributed by atoms with E-state index in [1.165, 1.54) is 0 Å². The molecule has 1 aromatic heterocycles. The number of hydrogen-bond donors (Lipinski definition) is 0. The fourth-order valence-electron chi connectivity index (χ4n) is 2.18. The molecule has 106 valence electrons. The van der Waals surface area contributed by atoms with E-state index in [4.69, 9.17) is 14.0 Å². The summed E-state index contributed by atoms with van der Waals surface area (Å²) in [7, 11) is -0.536. The summed E-state index contributed by atoms with van der Waals surface area (Å²) in [6.07, 6.45) is 3.42. The second-order valence-corrected chi connectivity index (χ2v) is 5.40. The minimum Gasteiger partial charge on any atom is -0.533 e. The van der Waals surface area contributed by atoms with Crippen molar-refractivity contribution in [3.8, 4) is 0 Å². The Morgan fingerprint density at radius 3 is 2.70 bits per heavy atom. The zero-order valence-corrected chi connectivity index (χ0v) is 11.8. The molecule has 0 aromatic carbocycles. The Morgan fingerprint density at radius 2 is 2.05 bits per heavy atom. The molecule has 0 spiro atoms. The van der Waals surface area contributed by atoms with E-state index in [1.807, 2.05) is 13.8 Å². The summed E-state index contributed by atoms with van der Waals surface area (Å²) in [5, 5.41) is 0. The third kappa shape index (κ3) is 2.51. The van der Waals surface area contributed by atoms with Gasteiger partial charge in [0.1, 0.15) is 17.0 Å². The van der Waals surface area contributed by atoms with Gasteiger partial charge in [-0.2, -0.15) is 0 Å². The minimum atomic E-state index is -0.536. The largest absolute Gasteiger partial charge is 0.584 e. The van der Waals surface area contributed by atoms with E-state index < -0.39 is 12.7 Å². The van der Waals surface area contributed by atoms with E-state index in [-0.39, 0.29) is 0 Å². The van der Waals surface area contributed by atoms with Crippen LogP contribution in [0.25, 0.3) is 0 Å². The number of rotatable bonds is 2. The van der Waals surface area contributed by atoms with Gasteiger partial charge in [0.25, 0.3) is 0 Å². The molecule has 0 N–H and O–H groups in total. The predicted octanol–water partition coefficient (Wildman–Crippen LogP) is 0.347. The van der Waals surface area contributed by atoms with Crippen molar-refractivity contribution in [2.24, 2.45) is 0 Å². The van der Waals surface area contributed by atoms with Gasteiger partial charge in [-0.25, -0.2) is 4.98 Å². The summed E-state index contributed by atoms with van der Waals surface area (Å²) < 4.78 is 16.8. The smallest absolute Gasteiger partial charge is 0.533 e. The van der Waals surface area contributed by atoms with Crippen LogP contribution in [0.4, 0.5) is 5.82 Å². The molecule has 3 heterocycles. The lowest BCUT2D eigenvalue weighted by Crippen LogP contribution is -2.41. The van der Waals surface area contributed by atoms with E-state index >= 15 is 0 Å². The van der Waals surface area contributed by atoms with Crippen molar-refractivity contribution >= 4 is 18.5 Å². The molecule has 1 aromatic rings. The highest BCUT2D eigenvalue weighted by Crippen LogP contribution is 2.28. The Labute approximate surface area is 118 Å². The van der Waals surface area contributed by atoms with Gasteiger partial charge in [-0.15, -0.1) is 0 Å². The molecule has 20 heavy (non-hydrogen) atoms. The molecular weight excluding hydrogens is 257 g/mol. The summed E-state index contributed by atoms with van der Waals surface area (Å²) >= 11 is 0. The fraction of sp³-hybridized carbons (Fsp3) is 0.538. The van der Waals surface area contributed by atoms with Crippen LogP contribution >= 0.6 is 0 Å². The average Bonchev–Trinajstić information content (AvgIpc) is 2.74. The Morgan fingerprint density at radius 1 is 1.30 bits per heavy atom. The highest BCUT2D eigenvalue weighted by Gasteiger charge is 2.44. The SMILES string of the molecule is C=C1OB(c2cncc(N3CCOCC3)n2)OC1(C)C. The first kappa shape index (κ1) is 13.4. The van der Waals surface area contributed by atoms with Gasteiger partial charge in [-0.1, -0.05) is 6.58 Å². The molecule has 0 aliphatic carbocycles. The van der Waals surface area contributed by atoms with Crippen LogP contribution in [0.15, 0.2) is 24.7 Å². The Bertz CT molecular complexity index is 517. The monoisotopic (exact) mass is 275 g/mol. The Kier molecular flexibility index (Phi) is 3.39. The standard InChI is InChI=1S/C13H18BN3O3/c1-10-13(2,3)20-14(19-10)11-8-15-9-12(16-11)17-4-6-18-7-5-17/h8-9H,1,4-7H2,2-3H3. The molecule has 2 fully saturated rings. The topological polar surface area (TPSA) is 56.7 Å². The molecule has 0 amide bonds. The van der Waals surface area contributed by atoms with Crippen LogP contribution in [0.5, 0.6) is 0 Å². The van der Waals surface area contributed by atoms with Crippen LogP contribution in [0.1, 0.15) is 13.8 Å². The number of morpholine rings is 1. The predicted molar refractivity (Wildman–Crippen MR) is 75.8 cm³/mol. The number of anilines is 1. The van der Waals surface area contributed by atoms with E-state index in [1.54, 1.807) is 12.4 Å². The van der Waals surface area contributed by atoms with Crippen molar-refractivity contribution in [1.82, 2.24) is 9.97 Å². The van der Waals surface area contributed by atoms with Crippen LogP contribution in [0.2, 0.25) is 0 Å². The van der Waals surface area contributed by atoms with Gasteiger partial charge in [0, 0.05) is 19.3 Å². The van der Waals surface area contributed by atoms with Gasteiger partial charge in [0.15, 0.2) is 0 Å². The summed E-state index contributed by atoms with van der Waals surface area (Å²) in [6, 6.07) is 0. The maximum absolute atomic E-state index is 5.82. The van der Waals surface area contributed by atoms with E-state index in [9.17, 15) is 0 Å². The van der Waals surface area contributed by atoms with Gasteiger partial charge in [0.2, 0.25) is 0 Å². The van der Waals surface area contributed by atoms with Crippen LogP contribution in [-0.4, -0.2) is 49.0 Å². The number of hydrogen-bond acceptors (Lipinski definition) is 6. The van der Waals surface area contributed by atoms with Crippen LogP contribution in [0, 0.1) is 0 Å².